The third kappa shape index (κ3) is 4.26. The summed E-state index contributed by atoms with van der Waals surface area (Å²) < 4.78 is 2.33. The zero-order chi connectivity index (χ0) is 20.4. The molecule has 28 heavy (non-hydrogen) atoms. The van der Waals surface area contributed by atoms with Gasteiger partial charge in [0, 0.05) is 29.7 Å². The maximum Gasteiger partial charge on any atom is 0.354 e. The second-order valence-electron chi connectivity index (χ2n) is 6.30. The van der Waals surface area contributed by atoms with Crippen molar-refractivity contribution in [1.82, 2.24) is 14.8 Å². The summed E-state index contributed by atoms with van der Waals surface area (Å²) in [4.78, 5) is 16.1. The highest BCUT2D eigenvalue weighted by Crippen LogP contribution is 2.33. The molecule has 0 aliphatic carbocycles. The van der Waals surface area contributed by atoms with Gasteiger partial charge in [-0.25, -0.2) is 4.79 Å². The molecule has 146 valence electrons. The van der Waals surface area contributed by atoms with E-state index in [0.717, 1.165) is 20.5 Å². The Morgan fingerprint density at radius 3 is 2.79 bits per heavy atom. The van der Waals surface area contributed by atoms with Gasteiger partial charge in [-0.1, -0.05) is 23.2 Å². The van der Waals surface area contributed by atoms with Gasteiger partial charge in [-0.05, 0) is 66.3 Å². The summed E-state index contributed by atoms with van der Waals surface area (Å²) in [6.45, 7) is 4.23. The first-order valence-electron chi connectivity index (χ1n) is 8.40. The minimum absolute atomic E-state index is 0.142. The fraction of sp³-hybridized carbons (Fsp3) is 0.211. The van der Waals surface area contributed by atoms with Gasteiger partial charge in [-0.2, -0.15) is 5.10 Å². The zero-order valence-electron chi connectivity index (χ0n) is 15.1. The Bertz CT molecular complexity index is 1040. The number of aryl methyl sites for hydroxylation is 1. The van der Waals surface area contributed by atoms with Gasteiger partial charge in [-0.3, -0.25) is 9.67 Å². The van der Waals surface area contributed by atoms with Crippen LogP contribution in [0.4, 0.5) is 5.69 Å². The Hall–Kier alpha value is -1.84. The number of anilines is 1. The summed E-state index contributed by atoms with van der Waals surface area (Å²) >= 11 is 14.3. The number of carbonyl (C=O) groups is 1. The van der Waals surface area contributed by atoms with Gasteiger partial charge in [0.25, 0.3) is 0 Å². The molecule has 0 unspecified atom stereocenters. The number of hydrogen-bond donors (Lipinski definition) is 2. The molecule has 9 heteroatoms. The molecule has 2 heterocycles. The number of pyridine rings is 1. The molecule has 0 aliphatic rings. The third-order valence-electron chi connectivity index (χ3n) is 4.25. The molecule has 2 N–H and O–H groups in total. The van der Waals surface area contributed by atoms with Crippen LogP contribution in [0, 0.1) is 10.5 Å². The van der Waals surface area contributed by atoms with Crippen LogP contribution in [-0.4, -0.2) is 32.4 Å². The van der Waals surface area contributed by atoms with E-state index in [9.17, 15) is 9.90 Å². The molecule has 6 nitrogen and oxygen atoms in total. The fourth-order valence-electron chi connectivity index (χ4n) is 2.84. The van der Waals surface area contributed by atoms with E-state index in [1.54, 1.807) is 24.5 Å². The van der Waals surface area contributed by atoms with Gasteiger partial charge in [-0.15, -0.1) is 0 Å². The number of aromatic carboxylic acids is 1. The summed E-state index contributed by atoms with van der Waals surface area (Å²) in [5.41, 5.74) is 3.12. The summed E-state index contributed by atoms with van der Waals surface area (Å²) in [5, 5.41) is 18.4. The Balaban J connectivity index is 1.87. The minimum atomic E-state index is -1.03. The van der Waals surface area contributed by atoms with Crippen LogP contribution in [-0.2, 0) is 0 Å². The van der Waals surface area contributed by atoms with Crippen LogP contribution in [0.15, 0.2) is 36.7 Å². The van der Waals surface area contributed by atoms with Crippen molar-refractivity contribution in [2.24, 2.45) is 0 Å². The predicted molar refractivity (Wildman–Crippen MR) is 120 cm³/mol. The molecule has 1 atom stereocenters. The molecule has 1 aromatic carbocycles. The monoisotopic (exact) mass is 530 g/mol. The van der Waals surface area contributed by atoms with Crippen LogP contribution >= 0.6 is 45.8 Å². The highest BCUT2D eigenvalue weighted by Gasteiger charge is 2.22. The second kappa shape index (κ2) is 8.67. The van der Waals surface area contributed by atoms with Crippen LogP contribution in [0.25, 0.3) is 11.1 Å². The molecule has 0 fully saturated rings. The minimum Gasteiger partial charge on any atom is -0.477 e. The first-order chi connectivity index (χ1) is 13.3. The van der Waals surface area contributed by atoms with Gasteiger partial charge < -0.3 is 10.4 Å². The van der Waals surface area contributed by atoms with E-state index < -0.39 is 5.97 Å². The quantitative estimate of drug-likeness (QED) is 0.323. The first-order valence-corrected chi connectivity index (χ1v) is 10.2. The fourth-order valence-corrected chi connectivity index (χ4v) is 3.98. The lowest BCUT2D eigenvalue weighted by molar-refractivity contribution is 0.0682. The first kappa shape index (κ1) is 20.9. The van der Waals surface area contributed by atoms with Crippen LogP contribution < -0.4 is 5.32 Å². The van der Waals surface area contributed by atoms with Gasteiger partial charge in [0.2, 0.25) is 0 Å². The van der Waals surface area contributed by atoms with Crippen molar-refractivity contribution >= 4 is 57.4 Å². The van der Waals surface area contributed by atoms with E-state index in [1.807, 2.05) is 26.0 Å². The SMILES string of the molecule is Cc1cc(-c2cnn([C@@H](C)CNc3ccc(Cl)c(Cl)c3I)c2C(=O)O)ccn1. The second-order valence-corrected chi connectivity index (χ2v) is 8.16. The van der Waals surface area contributed by atoms with E-state index in [4.69, 9.17) is 23.2 Å². The normalized spacial score (nSPS) is 12.0. The predicted octanol–water partition coefficient (Wildman–Crippen LogP) is 5.54. The Morgan fingerprint density at radius 1 is 1.36 bits per heavy atom. The van der Waals surface area contributed by atoms with Crippen LogP contribution in [0.5, 0.6) is 0 Å². The van der Waals surface area contributed by atoms with E-state index in [1.165, 1.54) is 4.68 Å². The van der Waals surface area contributed by atoms with E-state index in [-0.39, 0.29) is 11.7 Å². The van der Waals surface area contributed by atoms with Crippen molar-refractivity contribution < 1.29 is 9.90 Å². The molecule has 3 rings (SSSR count). The molecule has 0 saturated carbocycles. The summed E-state index contributed by atoms with van der Waals surface area (Å²) in [5.74, 6) is -1.03. The molecular formula is C19H17Cl2IN4O2. The van der Waals surface area contributed by atoms with Crippen molar-refractivity contribution in [3.8, 4) is 11.1 Å². The van der Waals surface area contributed by atoms with Crippen molar-refractivity contribution in [1.29, 1.82) is 0 Å². The van der Waals surface area contributed by atoms with Crippen molar-refractivity contribution in [2.75, 3.05) is 11.9 Å². The van der Waals surface area contributed by atoms with E-state index >= 15 is 0 Å². The highest BCUT2D eigenvalue weighted by molar-refractivity contribution is 14.1. The largest absolute Gasteiger partial charge is 0.477 e. The van der Waals surface area contributed by atoms with Crippen LogP contribution in [0.3, 0.4) is 0 Å². The number of hydrogen-bond acceptors (Lipinski definition) is 4. The molecule has 3 aromatic rings. The van der Waals surface area contributed by atoms with Gasteiger partial charge in [0.15, 0.2) is 5.69 Å². The molecule has 0 saturated heterocycles. The van der Waals surface area contributed by atoms with Crippen molar-refractivity contribution in [3.63, 3.8) is 0 Å². The Kier molecular flexibility index (Phi) is 6.47. The third-order valence-corrected chi connectivity index (χ3v) is 6.49. The van der Waals surface area contributed by atoms with Crippen molar-refractivity contribution in [2.45, 2.75) is 19.9 Å². The number of benzene rings is 1. The maximum absolute atomic E-state index is 11.9. The molecule has 0 radical (unpaired) electrons. The molecule has 0 amide bonds. The highest BCUT2D eigenvalue weighted by atomic mass is 127. The lowest BCUT2D eigenvalue weighted by Crippen LogP contribution is -2.21. The van der Waals surface area contributed by atoms with Crippen LogP contribution in [0.2, 0.25) is 10.0 Å². The molecule has 0 bridgehead atoms. The average Bonchev–Trinajstić information content (AvgIpc) is 3.11. The maximum atomic E-state index is 11.9. The topological polar surface area (TPSA) is 80.0 Å². The standard InChI is InChI=1S/C19H17Cl2IN4O2/c1-10-7-12(5-6-23-10)13-9-25-26(18(13)19(27)28)11(2)8-24-15-4-3-14(20)16(21)17(15)22/h3-7,9,11,24H,8H2,1-2H3,(H,27,28)/t11-/m0/s1. The van der Waals surface area contributed by atoms with E-state index in [2.05, 4.69) is 38.0 Å². The molecule has 0 aliphatic heterocycles. The number of nitrogens with one attached hydrogen (secondary N) is 1. The van der Waals surface area contributed by atoms with Crippen LogP contribution in [0.1, 0.15) is 29.1 Å². The lowest BCUT2D eigenvalue weighted by atomic mass is 10.1. The number of rotatable bonds is 6. The summed E-state index contributed by atoms with van der Waals surface area (Å²) in [7, 11) is 0. The van der Waals surface area contributed by atoms with Gasteiger partial charge in [0.05, 0.1) is 25.9 Å². The number of nitrogens with zero attached hydrogens (tertiary/aromatic N) is 3. The zero-order valence-corrected chi connectivity index (χ0v) is 18.7. The number of carboxylic acids is 1. The number of aromatic nitrogens is 3. The number of carboxylic acid groups (broad SMARTS) is 1. The molecule has 2 aromatic heterocycles. The number of halogens is 3. The van der Waals surface area contributed by atoms with Crippen molar-refractivity contribution in [3.05, 3.63) is 61.7 Å². The van der Waals surface area contributed by atoms with Gasteiger partial charge >= 0.3 is 5.97 Å². The smallest absolute Gasteiger partial charge is 0.354 e. The molecule has 0 spiro atoms. The van der Waals surface area contributed by atoms with E-state index in [0.29, 0.717) is 22.2 Å². The average molecular weight is 531 g/mol. The Labute approximate surface area is 186 Å². The summed E-state index contributed by atoms with van der Waals surface area (Å²) in [6.07, 6.45) is 3.24. The molecular weight excluding hydrogens is 514 g/mol. The lowest BCUT2D eigenvalue weighted by Gasteiger charge is -2.17. The van der Waals surface area contributed by atoms with Gasteiger partial charge in [0.1, 0.15) is 0 Å². The Morgan fingerprint density at radius 2 is 2.11 bits per heavy atom. The summed E-state index contributed by atoms with van der Waals surface area (Å²) in [6, 6.07) is 6.97.